The molecule has 1 aliphatic heterocycles. The number of furan rings is 1. The average molecular weight is 398 g/mol. The van der Waals surface area contributed by atoms with Crippen LogP contribution < -0.4 is 5.32 Å². The van der Waals surface area contributed by atoms with Crippen LogP contribution in [0.5, 0.6) is 0 Å². The van der Waals surface area contributed by atoms with Gasteiger partial charge in [-0.2, -0.15) is 4.31 Å². The van der Waals surface area contributed by atoms with Gasteiger partial charge in [-0.1, -0.05) is 24.6 Å². The number of para-hydroxylation sites is 1. The molecule has 2 aromatic carbocycles. The molecule has 0 radical (unpaired) electrons. The van der Waals surface area contributed by atoms with Gasteiger partial charge in [-0.3, -0.25) is 4.79 Å². The number of sulfonamides is 1. The van der Waals surface area contributed by atoms with Crippen molar-refractivity contribution in [3.63, 3.8) is 0 Å². The third kappa shape index (κ3) is 3.43. The lowest BCUT2D eigenvalue weighted by atomic mass is 10.1. The molecule has 0 aliphatic carbocycles. The van der Waals surface area contributed by atoms with Gasteiger partial charge in [0.15, 0.2) is 5.76 Å². The van der Waals surface area contributed by atoms with Crippen LogP contribution in [0.2, 0.25) is 0 Å². The molecule has 1 N–H and O–H groups in total. The molecule has 2 heterocycles. The average Bonchev–Trinajstić information content (AvgIpc) is 3.06. The largest absolute Gasteiger partial charge is 0.451 e. The number of nitrogens with zero attached hydrogens (tertiary/aromatic N) is 1. The highest BCUT2D eigenvalue weighted by Crippen LogP contribution is 2.26. The number of anilines is 1. The minimum atomic E-state index is -3.48. The first kappa shape index (κ1) is 18.7. The van der Waals surface area contributed by atoms with E-state index in [-0.39, 0.29) is 16.6 Å². The molecule has 1 amide bonds. The number of carbonyl (C=O) groups is 1. The molecule has 0 bridgehead atoms. The maximum Gasteiger partial charge on any atom is 0.291 e. The van der Waals surface area contributed by atoms with Crippen LogP contribution in [0.4, 0.5) is 5.69 Å². The molecule has 0 saturated carbocycles. The molecule has 0 atom stereocenters. The van der Waals surface area contributed by atoms with Gasteiger partial charge >= 0.3 is 0 Å². The van der Waals surface area contributed by atoms with Crippen molar-refractivity contribution < 1.29 is 17.6 Å². The summed E-state index contributed by atoms with van der Waals surface area (Å²) < 4.78 is 32.6. The van der Waals surface area contributed by atoms with Crippen LogP contribution in [-0.2, 0) is 10.0 Å². The molecule has 1 saturated heterocycles. The van der Waals surface area contributed by atoms with E-state index in [1.807, 2.05) is 31.2 Å². The first-order valence-electron chi connectivity index (χ1n) is 9.36. The summed E-state index contributed by atoms with van der Waals surface area (Å²) in [6.45, 7) is 2.97. The fourth-order valence-corrected chi connectivity index (χ4v) is 5.06. The van der Waals surface area contributed by atoms with Crippen molar-refractivity contribution in [2.75, 3.05) is 18.4 Å². The highest BCUT2D eigenvalue weighted by molar-refractivity contribution is 7.89. The molecule has 28 heavy (non-hydrogen) atoms. The minimum absolute atomic E-state index is 0.243. The van der Waals surface area contributed by atoms with Crippen molar-refractivity contribution in [2.45, 2.75) is 31.1 Å². The number of amides is 1. The Morgan fingerprint density at radius 3 is 2.36 bits per heavy atom. The van der Waals surface area contributed by atoms with Gasteiger partial charge in [0.25, 0.3) is 5.91 Å². The molecule has 3 aromatic rings. The van der Waals surface area contributed by atoms with Gasteiger partial charge < -0.3 is 9.73 Å². The van der Waals surface area contributed by atoms with E-state index in [9.17, 15) is 13.2 Å². The number of rotatable bonds is 4. The SMILES string of the molecule is Cc1c(C(=O)Nc2ccc(S(=O)(=O)N3CCCCC3)cc2)oc2ccccc12. The summed E-state index contributed by atoms with van der Waals surface area (Å²) in [7, 11) is -3.48. The Morgan fingerprint density at radius 2 is 1.68 bits per heavy atom. The number of piperidine rings is 1. The van der Waals surface area contributed by atoms with Crippen molar-refractivity contribution >= 4 is 32.6 Å². The van der Waals surface area contributed by atoms with Gasteiger partial charge in [-0.15, -0.1) is 0 Å². The van der Waals surface area contributed by atoms with E-state index < -0.39 is 10.0 Å². The van der Waals surface area contributed by atoms with Crippen LogP contribution in [0.1, 0.15) is 35.4 Å². The second-order valence-electron chi connectivity index (χ2n) is 7.00. The summed E-state index contributed by atoms with van der Waals surface area (Å²) in [5.74, 6) is -0.105. The first-order chi connectivity index (χ1) is 13.5. The molecule has 4 rings (SSSR count). The molecular formula is C21H22N2O4S. The molecular weight excluding hydrogens is 376 g/mol. The topological polar surface area (TPSA) is 79.6 Å². The summed E-state index contributed by atoms with van der Waals surface area (Å²) in [4.78, 5) is 12.8. The summed E-state index contributed by atoms with van der Waals surface area (Å²) in [6.07, 6.45) is 2.85. The van der Waals surface area contributed by atoms with Crippen LogP contribution in [0.15, 0.2) is 57.8 Å². The molecule has 6 nitrogen and oxygen atoms in total. The highest BCUT2D eigenvalue weighted by atomic mass is 32.2. The third-order valence-electron chi connectivity index (χ3n) is 5.11. The first-order valence-corrected chi connectivity index (χ1v) is 10.8. The molecule has 146 valence electrons. The molecule has 1 fully saturated rings. The zero-order valence-electron chi connectivity index (χ0n) is 15.6. The van der Waals surface area contributed by atoms with Crippen LogP contribution in [-0.4, -0.2) is 31.7 Å². The van der Waals surface area contributed by atoms with Gasteiger partial charge in [0, 0.05) is 29.7 Å². The number of fused-ring (bicyclic) bond motifs is 1. The van der Waals surface area contributed by atoms with Gasteiger partial charge in [0.05, 0.1) is 4.90 Å². The maximum absolute atomic E-state index is 12.7. The molecule has 0 spiro atoms. The van der Waals surface area contributed by atoms with E-state index in [1.54, 1.807) is 12.1 Å². The standard InChI is InChI=1S/C21H22N2O4S/c1-15-18-7-3-4-8-19(18)27-20(15)21(24)22-16-9-11-17(12-10-16)28(25,26)23-13-5-2-6-14-23/h3-4,7-12H,2,5-6,13-14H2,1H3,(H,22,24). The Balaban J connectivity index is 1.52. The van der Waals surface area contributed by atoms with Crippen LogP contribution in [0, 0.1) is 6.92 Å². The monoisotopic (exact) mass is 398 g/mol. The van der Waals surface area contributed by atoms with Gasteiger partial charge in [0.1, 0.15) is 5.58 Å². The van der Waals surface area contributed by atoms with E-state index in [0.717, 1.165) is 30.2 Å². The van der Waals surface area contributed by atoms with E-state index in [0.29, 0.717) is 24.4 Å². The molecule has 0 unspecified atom stereocenters. The normalized spacial score (nSPS) is 15.6. The maximum atomic E-state index is 12.7. The fourth-order valence-electron chi connectivity index (χ4n) is 3.54. The van der Waals surface area contributed by atoms with E-state index in [4.69, 9.17) is 4.42 Å². The van der Waals surface area contributed by atoms with Crippen LogP contribution >= 0.6 is 0 Å². The quantitative estimate of drug-likeness (QED) is 0.715. The lowest BCUT2D eigenvalue weighted by Crippen LogP contribution is -2.35. The summed E-state index contributed by atoms with van der Waals surface area (Å²) >= 11 is 0. The van der Waals surface area contributed by atoms with Crippen LogP contribution in [0.25, 0.3) is 11.0 Å². The summed E-state index contributed by atoms with van der Waals surface area (Å²) in [5.41, 5.74) is 1.95. The van der Waals surface area contributed by atoms with E-state index in [1.165, 1.54) is 16.4 Å². The van der Waals surface area contributed by atoms with E-state index in [2.05, 4.69) is 5.32 Å². The van der Waals surface area contributed by atoms with Crippen molar-refractivity contribution in [1.82, 2.24) is 4.31 Å². The van der Waals surface area contributed by atoms with Gasteiger partial charge in [-0.05, 0) is 50.1 Å². The number of hydrogen-bond donors (Lipinski definition) is 1. The van der Waals surface area contributed by atoms with Crippen molar-refractivity contribution in [3.8, 4) is 0 Å². The Bertz CT molecular complexity index is 1110. The number of nitrogens with one attached hydrogen (secondary N) is 1. The summed E-state index contributed by atoms with van der Waals surface area (Å²) in [5, 5.41) is 3.68. The van der Waals surface area contributed by atoms with E-state index >= 15 is 0 Å². The van der Waals surface area contributed by atoms with Gasteiger partial charge in [0.2, 0.25) is 10.0 Å². The third-order valence-corrected chi connectivity index (χ3v) is 7.03. The lowest BCUT2D eigenvalue weighted by molar-refractivity contribution is 0.0998. The van der Waals surface area contributed by atoms with Crippen molar-refractivity contribution in [3.05, 3.63) is 59.9 Å². The predicted octanol–water partition coefficient (Wildman–Crippen LogP) is 4.17. The molecule has 1 aliphatic rings. The van der Waals surface area contributed by atoms with Crippen molar-refractivity contribution in [1.29, 1.82) is 0 Å². The lowest BCUT2D eigenvalue weighted by Gasteiger charge is -2.25. The Hall–Kier alpha value is -2.64. The Labute approximate surface area is 164 Å². The minimum Gasteiger partial charge on any atom is -0.451 e. The predicted molar refractivity (Wildman–Crippen MR) is 108 cm³/mol. The fraction of sp³-hybridized carbons (Fsp3) is 0.286. The second kappa shape index (κ2) is 7.41. The van der Waals surface area contributed by atoms with Crippen LogP contribution in [0.3, 0.4) is 0 Å². The number of hydrogen-bond acceptors (Lipinski definition) is 4. The highest BCUT2D eigenvalue weighted by Gasteiger charge is 2.26. The Kier molecular flexibility index (Phi) is 4.95. The number of carbonyl (C=O) groups excluding carboxylic acids is 1. The zero-order valence-corrected chi connectivity index (χ0v) is 16.5. The molecule has 1 aromatic heterocycles. The van der Waals surface area contributed by atoms with Crippen molar-refractivity contribution in [2.24, 2.45) is 0 Å². The van der Waals surface area contributed by atoms with Gasteiger partial charge in [-0.25, -0.2) is 8.42 Å². The number of benzene rings is 2. The zero-order chi connectivity index (χ0) is 19.7. The smallest absolute Gasteiger partial charge is 0.291 e. The summed E-state index contributed by atoms with van der Waals surface area (Å²) in [6, 6.07) is 13.8. The second-order valence-corrected chi connectivity index (χ2v) is 8.93. The number of aryl methyl sites for hydroxylation is 1. The Morgan fingerprint density at radius 1 is 1.00 bits per heavy atom. The molecule has 7 heteroatoms.